The van der Waals surface area contributed by atoms with E-state index in [9.17, 15) is 4.79 Å². The SMILES string of the molecule is Cc1nn(CC(=O)Nc2c(C)noc2C)c(C)c1Br. The topological polar surface area (TPSA) is 73.0 Å². The molecule has 6 nitrogen and oxygen atoms in total. The van der Waals surface area contributed by atoms with Gasteiger partial charge in [-0.2, -0.15) is 5.10 Å². The van der Waals surface area contributed by atoms with E-state index in [0.717, 1.165) is 15.9 Å². The molecule has 0 saturated heterocycles. The lowest BCUT2D eigenvalue weighted by molar-refractivity contribution is -0.117. The van der Waals surface area contributed by atoms with Crippen LogP contribution in [-0.2, 0) is 11.3 Å². The molecule has 0 aliphatic carbocycles. The Labute approximate surface area is 119 Å². The summed E-state index contributed by atoms with van der Waals surface area (Å²) in [6, 6.07) is 0. The predicted octanol–water partition coefficient (Wildman–Crippen LogP) is 2.51. The maximum atomic E-state index is 12.0. The first-order valence-corrected chi connectivity index (χ1v) is 6.61. The highest BCUT2D eigenvalue weighted by Gasteiger charge is 2.15. The standard InChI is InChI=1S/C12H15BrN4O2/c1-6-11(13)8(3)17(15-6)5-10(18)14-12-7(2)16-19-9(12)4/h5H2,1-4H3,(H,14,18). The second-order valence-corrected chi connectivity index (χ2v) is 5.18. The molecule has 0 atom stereocenters. The fourth-order valence-electron chi connectivity index (χ4n) is 1.81. The smallest absolute Gasteiger partial charge is 0.246 e. The summed E-state index contributed by atoms with van der Waals surface area (Å²) < 4.78 is 7.59. The van der Waals surface area contributed by atoms with E-state index in [1.54, 1.807) is 18.5 Å². The third kappa shape index (κ3) is 2.70. The number of nitrogens with one attached hydrogen (secondary N) is 1. The fourth-order valence-corrected chi connectivity index (χ4v) is 2.09. The van der Waals surface area contributed by atoms with Gasteiger partial charge in [-0.05, 0) is 43.6 Å². The van der Waals surface area contributed by atoms with E-state index < -0.39 is 0 Å². The largest absolute Gasteiger partial charge is 0.359 e. The molecule has 0 aliphatic rings. The van der Waals surface area contributed by atoms with Gasteiger partial charge >= 0.3 is 0 Å². The summed E-state index contributed by atoms with van der Waals surface area (Å²) >= 11 is 3.43. The van der Waals surface area contributed by atoms with Gasteiger partial charge in [0.15, 0.2) is 5.76 Å². The molecule has 2 heterocycles. The number of hydrogen-bond donors (Lipinski definition) is 1. The van der Waals surface area contributed by atoms with Gasteiger partial charge in [0.25, 0.3) is 0 Å². The van der Waals surface area contributed by atoms with Crippen molar-refractivity contribution in [1.29, 1.82) is 0 Å². The van der Waals surface area contributed by atoms with E-state index in [2.05, 4.69) is 31.5 Å². The van der Waals surface area contributed by atoms with Gasteiger partial charge in [-0.15, -0.1) is 0 Å². The second kappa shape index (κ2) is 5.16. The Morgan fingerprint density at radius 1 is 1.32 bits per heavy atom. The molecule has 2 aromatic heterocycles. The molecule has 1 amide bonds. The highest BCUT2D eigenvalue weighted by molar-refractivity contribution is 9.10. The molecule has 19 heavy (non-hydrogen) atoms. The Bertz CT molecular complexity index is 610. The highest BCUT2D eigenvalue weighted by atomic mass is 79.9. The van der Waals surface area contributed by atoms with Crippen molar-refractivity contribution in [1.82, 2.24) is 14.9 Å². The lowest BCUT2D eigenvalue weighted by Gasteiger charge is -2.06. The average Bonchev–Trinajstić information content (AvgIpc) is 2.78. The van der Waals surface area contributed by atoms with Crippen molar-refractivity contribution < 1.29 is 9.32 Å². The van der Waals surface area contributed by atoms with Crippen molar-refractivity contribution >= 4 is 27.5 Å². The molecule has 0 radical (unpaired) electrons. The maximum Gasteiger partial charge on any atom is 0.246 e. The average molecular weight is 327 g/mol. The monoisotopic (exact) mass is 326 g/mol. The van der Waals surface area contributed by atoms with Gasteiger partial charge in [0.2, 0.25) is 5.91 Å². The Morgan fingerprint density at radius 3 is 2.47 bits per heavy atom. The van der Waals surface area contributed by atoms with Crippen molar-refractivity contribution in [3.8, 4) is 0 Å². The number of carbonyl (C=O) groups is 1. The normalized spacial score (nSPS) is 10.8. The lowest BCUT2D eigenvalue weighted by atomic mass is 10.3. The molecule has 7 heteroatoms. The first-order valence-electron chi connectivity index (χ1n) is 5.82. The zero-order chi connectivity index (χ0) is 14.2. The van der Waals surface area contributed by atoms with Crippen LogP contribution in [0.3, 0.4) is 0 Å². The fraction of sp³-hybridized carbons (Fsp3) is 0.417. The van der Waals surface area contributed by atoms with Crippen molar-refractivity contribution in [2.45, 2.75) is 34.2 Å². The van der Waals surface area contributed by atoms with Crippen LogP contribution in [0.5, 0.6) is 0 Å². The first kappa shape index (κ1) is 13.8. The third-order valence-corrected chi connectivity index (χ3v) is 4.03. The van der Waals surface area contributed by atoms with Crippen molar-refractivity contribution in [3.63, 3.8) is 0 Å². The number of aromatic nitrogens is 3. The zero-order valence-electron chi connectivity index (χ0n) is 11.2. The van der Waals surface area contributed by atoms with Crippen molar-refractivity contribution in [2.75, 3.05) is 5.32 Å². The van der Waals surface area contributed by atoms with Crippen LogP contribution < -0.4 is 5.32 Å². The number of hydrogen-bond acceptors (Lipinski definition) is 4. The molecule has 1 N–H and O–H groups in total. The summed E-state index contributed by atoms with van der Waals surface area (Å²) in [7, 11) is 0. The summed E-state index contributed by atoms with van der Waals surface area (Å²) in [6.45, 7) is 7.50. The van der Waals surface area contributed by atoms with Crippen LogP contribution in [0, 0.1) is 27.7 Å². The van der Waals surface area contributed by atoms with Crippen LogP contribution in [0.4, 0.5) is 5.69 Å². The molecular formula is C12H15BrN4O2. The summed E-state index contributed by atoms with van der Waals surface area (Å²) in [5, 5.41) is 10.9. The maximum absolute atomic E-state index is 12.0. The quantitative estimate of drug-likeness (QED) is 0.940. The molecule has 0 aliphatic heterocycles. The minimum Gasteiger partial charge on any atom is -0.359 e. The summed E-state index contributed by atoms with van der Waals surface area (Å²) in [4.78, 5) is 12.0. The van der Waals surface area contributed by atoms with Crippen LogP contribution in [0.2, 0.25) is 0 Å². The summed E-state index contributed by atoms with van der Waals surface area (Å²) in [6.07, 6.45) is 0. The number of halogens is 1. The highest BCUT2D eigenvalue weighted by Crippen LogP contribution is 2.21. The molecule has 0 bridgehead atoms. The Kier molecular flexibility index (Phi) is 3.75. The van der Waals surface area contributed by atoms with Crippen LogP contribution in [0.25, 0.3) is 0 Å². The van der Waals surface area contributed by atoms with Crippen molar-refractivity contribution in [2.24, 2.45) is 0 Å². The molecule has 0 saturated carbocycles. The van der Waals surface area contributed by atoms with Crippen LogP contribution >= 0.6 is 15.9 Å². The molecular weight excluding hydrogens is 312 g/mol. The van der Waals surface area contributed by atoms with Gasteiger partial charge < -0.3 is 9.84 Å². The van der Waals surface area contributed by atoms with E-state index in [4.69, 9.17) is 4.52 Å². The van der Waals surface area contributed by atoms with Crippen molar-refractivity contribution in [3.05, 3.63) is 27.3 Å². The molecule has 2 aromatic rings. The number of rotatable bonds is 3. The van der Waals surface area contributed by atoms with E-state index in [1.165, 1.54) is 0 Å². The van der Waals surface area contributed by atoms with Gasteiger partial charge in [0.1, 0.15) is 17.9 Å². The Hall–Kier alpha value is -1.63. The summed E-state index contributed by atoms with van der Waals surface area (Å²) in [5.74, 6) is 0.438. The Morgan fingerprint density at radius 2 is 2.00 bits per heavy atom. The molecule has 0 spiro atoms. The zero-order valence-corrected chi connectivity index (χ0v) is 12.8. The van der Waals surface area contributed by atoms with Crippen LogP contribution in [0.1, 0.15) is 22.8 Å². The van der Waals surface area contributed by atoms with E-state index >= 15 is 0 Å². The lowest BCUT2D eigenvalue weighted by Crippen LogP contribution is -2.20. The molecule has 0 fully saturated rings. The third-order valence-electron chi connectivity index (χ3n) is 2.88. The number of carbonyl (C=O) groups excluding carboxylic acids is 1. The van der Waals surface area contributed by atoms with Gasteiger partial charge in [-0.25, -0.2) is 0 Å². The van der Waals surface area contributed by atoms with Crippen LogP contribution in [-0.4, -0.2) is 20.8 Å². The number of nitrogens with zero attached hydrogens (tertiary/aromatic N) is 3. The van der Waals surface area contributed by atoms with Gasteiger partial charge in [-0.1, -0.05) is 5.16 Å². The first-order chi connectivity index (χ1) is 8.90. The number of anilines is 1. The van der Waals surface area contributed by atoms with Crippen LogP contribution in [0.15, 0.2) is 9.00 Å². The number of aryl methyl sites for hydroxylation is 3. The van der Waals surface area contributed by atoms with Gasteiger partial charge in [-0.3, -0.25) is 9.48 Å². The van der Waals surface area contributed by atoms with E-state index in [0.29, 0.717) is 17.1 Å². The van der Waals surface area contributed by atoms with E-state index in [-0.39, 0.29) is 12.5 Å². The Balaban J connectivity index is 2.12. The van der Waals surface area contributed by atoms with Gasteiger partial charge in [0, 0.05) is 0 Å². The molecule has 0 unspecified atom stereocenters. The predicted molar refractivity (Wildman–Crippen MR) is 74.0 cm³/mol. The second-order valence-electron chi connectivity index (χ2n) is 4.39. The molecule has 102 valence electrons. The minimum atomic E-state index is -0.160. The van der Waals surface area contributed by atoms with Gasteiger partial charge in [0.05, 0.1) is 15.9 Å². The van der Waals surface area contributed by atoms with E-state index in [1.807, 2.05) is 13.8 Å². The molecule has 2 rings (SSSR count). The minimum absolute atomic E-state index is 0.155. The summed E-state index contributed by atoms with van der Waals surface area (Å²) in [5.41, 5.74) is 3.08. The molecule has 0 aromatic carbocycles. The number of amides is 1.